The van der Waals surface area contributed by atoms with Crippen molar-refractivity contribution in [1.29, 1.82) is 0 Å². The number of fused-ring (bicyclic) bond motifs is 5. The molecule has 4 aliphatic rings. The number of aliphatic hydroxyl groups excluding tert-OH is 1. The van der Waals surface area contributed by atoms with E-state index in [0.29, 0.717) is 11.3 Å². The highest BCUT2D eigenvalue weighted by Gasteiger charge is 2.58. The zero-order valence-corrected chi connectivity index (χ0v) is 13.9. The zero-order chi connectivity index (χ0) is 15.5. The third kappa shape index (κ3) is 1.81. The normalized spacial score (nSPS) is 52.7. The number of aliphatic hydroxyl groups is 1. The molecular weight excluding hydrogens is 274 g/mol. The molecule has 6 atom stereocenters. The molecule has 0 aromatic heterocycles. The Balaban J connectivity index is 1.68. The van der Waals surface area contributed by atoms with Gasteiger partial charge in [0.05, 0.1) is 11.8 Å². The topological polar surface area (TPSA) is 52.8 Å². The molecule has 0 spiro atoms. The first-order valence-electron chi connectivity index (χ1n) is 9.09. The zero-order valence-electron chi connectivity index (χ0n) is 13.9. The van der Waals surface area contributed by atoms with Gasteiger partial charge in [-0.1, -0.05) is 24.6 Å². The van der Waals surface area contributed by atoms with E-state index in [1.807, 2.05) is 0 Å². The summed E-state index contributed by atoms with van der Waals surface area (Å²) in [6.45, 7) is 4.80. The Labute approximate surface area is 133 Å². The molecule has 0 saturated heterocycles. The molecule has 3 saturated carbocycles. The second kappa shape index (κ2) is 4.83. The minimum atomic E-state index is -0.0809. The van der Waals surface area contributed by atoms with Crippen LogP contribution in [0.4, 0.5) is 0 Å². The van der Waals surface area contributed by atoms with Gasteiger partial charge in [0.1, 0.15) is 0 Å². The van der Waals surface area contributed by atoms with Gasteiger partial charge in [0.15, 0.2) is 0 Å². The van der Waals surface area contributed by atoms with Crippen molar-refractivity contribution in [3.8, 4) is 0 Å². The maximum Gasteiger partial charge on any atom is 0.0795 e. The lowest BCUT2D eigenvalue weighted by Crippen LogP contribution is -2.51. The molecule has 4 aliphatic carbocycles. The maximum absolute atomic E-state index is 10.5. The minimum absolute atomic E-state index is 0.0809. The first kappa shape index (κ1) is 14.7. The molecule has 3 heteroatoms. The Morgan fingerprint density at radius 2 is 1.86 bits per heavy atom. The highest BCUT2D eigenvalue weighted by atomic mass is 16.4. The number of hydrogen-bond donors (Lipinski definition) is 2. The van der Waals surface area contributed by atoms with Crippen LogP contribution in [0.1, 0.15) is 65.2 Å². The van der Waals surface area contributed by atoms with Gasteiger partial charge in [0, 0.05) is 0 Å². The summed E-state index contributed by atoms with van der Waals surface area (Å²) in [5.41, 5.74) is 2.86. The number of allylic oxidation sites excluding steroid dienone is 2. The van der Waals surface area contributed by atoms with Crippen molar-refractivity contribution in [2.75, 3.05) is 0 Å². The van der Waals surface area contributed by atoms with Crippen molar-refractivity contribution >= 4 is 5.71 Å². The molecule has 122 valence electrons. The van der Waals surface area contributed by atoms with E-state index in [2.05, 4.69) is 25.1 Å². The van der Waals surface area contributed by atoms with Gasteiger partial charge in [0.2, 0.25) is 0 Å². The van der Waals surface area contributed by atoms with Crippen LogP contribution in [-0.4, -0.2) is 22.1 Å². The predicted octanol–water partition coefficient (Wildman–Crippen LogP) is 4.14. The third-order valence-electron chi connectivity index (χ3n) is 8.06. The van der Waals surface area contributed by atoms with Gasteiger partial charge in [-0.25, -0.2) is 0 Å². The lowest BCUT2D eigenvalue weighted by atomic mass is 9.47. The molecule has 0 aromatic rings. The van der Waals surface area contributed by atoms with Crippen LogP contribution >= 0.6 is 0 Å². The summed E-state index contributed by atoms with van der Waals surface area (Å²) in [6.07, 6.45) is 11.2. The number of rotatable bonds is 0. The highest BCUT2D eigenvalue weighted by Crippen LogP contribution is 2.65. The Morgan fingerprint density at radius 3 is 2.64 bits per heavy atom. The van der Waals surface area contributed by atoms with Gasteiger partial charge >= 0.3 is 0 Å². The van der Waals surface area contributed by atoms with Crippen molar-refractivity contribution in [2.45, 2.75) is 71.3 Å². The number of oxime groups is 1. The van der Waals surface area contributed by atoms with E-state index in [4.69, 9.17) is 5.21 Å². The number of hydrogen-bond acceptors (Lipinski definition) is 3. The first-order chi connectivity index (χ1) is 10.5. The van der Waals surface area contributed by atoms with Crippen molar-refractivity contribution in [3.05, 3.63) is 11.6 Å². The molecule has 0 radical (unpaired) electrons. The van der Waals surface area contributed by atoms with Gasteiger partial charge in [-0.3, -0.25) is 0 Å². The molecule has 0 amide bonds. The maximum atomic E-state index is 10.5. The van der Waals surface area contributed by atoms with Gasteiger partial charge in [-0.15, -0.1) is 0 Å². The summed E-state index contributed by atoms with van der Waals surface area (Å²) in [5, 5.41) is 23.0. The molecule has 3 fully saturated rings. The molecule has 0 aliphatic heterocycles. The summed E-state index contributed by atoms with van der Waals surface area (Å²) < 4.78 is 0. The van der Waals surface area contributed by atoms with Crippen molar-refractivity contribution in [3.63, 3.8) is 0 Å². The largest absolute Gasteiger partial charge is 0.411 e. The molecule has 6 unspecified atom stereocenters. The van der Waals surface area contributed by atoms with Gasteiger partial charge in [-0.2, -0.15) is 0 Å². The molecule has 4 rings (SSSR count). The Morgan fingerprint density at radius 1 is 1.05 bits per heavy atom. The Hall–Kier alpha value is -0.830. The van der Waals surface area contributed by atoms with Crippen LogP contribution in [0.15, 0.2) is 16.8 Å². The van der Waals surface area contributed by atoms with Crippen molar-refractivity contribution in [1.82, 2.24) is 0 Å². The van der Waals surface area contributed by atoms with Crippen LogP contribution in [-0.2, 0) is 0 Å². The van der Waals surface area contributed by atoms with Crippen molar-refractivity contribution < 1.29 is 10.3 Å². The minimum Gasteiger partial charge on any atom is -0.411 e. The smallest absolute Gasteiger partial charge is 0.0795 e. The van der Waals surface area contributed by atoms with E-state index >= 15 is 0 Å². The van der Waals surface area contributed by atoms with E-state index in [-0.39, 0.29) is 11.5 Å². The second-order valence-electron chi connectivity index (χ2n) is 8.73. The molecule has 22 heavy (non-hydrogen) atoms. The molecule has 0 bridgehead atoms. The van der Waals surface area contributed by atoms with E-state index in [1.165, 1.54) is 31.3 Å². The molecule has 3 nitrogen and oxygen atoms in total. The van der Waals surface area contributed by atoms with E-state index in [0.717, 1.165) is 43.2 Å². The van der Waals surface area contributed by atoms with E-state index in [1.54, 1.807) is 0 Å². The fourth-order valence-corrected chi connectivity index (χ4v) is 6.62. The SMILES string of the molecule is CC12CC/C(=N/O)C=C1CCC1C2CCC2(C)C(O)CCC12. The summed E-state index contributed by atoms with van der Waals surface area (Å²) >= 11 is 0. The van der Waals surface area contributed by atoms with Crippen LogP contribution in [0.3, 0.4) is 0 Å². The van der Waals surface area contributed by atoms with Gasteiger partial charge in [0.25, 0.3) is 0 Å². The molecule has 0 aromatic carbocycles. The van der Waals surface area contributed by atoms with Gasteiger partial charge in [-0.05, 0) is 86.0 Å². The van der Waals surface area contributed by atoms with Gasteiger partial charge < -0.3 is 10.3 Å². The lowest BCUT2D eigenvalue weighted by Gasteiger charge is -2.57. The lowest BCUT2D eigenvalue weighted by molar-refractivity contribution is -0.0722. The van der Waals surface area contributed by atoms with E-state index in [9.17, 15) is 5.11 Å². The predicted molar refractivity (Wildman–Crippen MR) is 86.9 cm³/mol. The quantitative estimate of drug-likeness (QED) is 0.522. The average molecular weight is 303 g/mol. The summed E-state index contributed by atoms with van der Waals surface area (Å²) in [7, 11) is 0. The standard InChI is InChI=1S/C19H29NO2/c1-18-9-7-13(20-22)11-12(18)3-4-14-15-5-6-17(21)19(15,2)10-8-16(14)18/h11,14-17,21-22H,3-10H2,1-2H3/b20-13-. The van der Waals surface area contributed by atoms with Crippen molar-refractivity contribution in [2.24, 2.45) is 33.7 Å². The fourth-order valence-electron chi connectivity index (χ4n) is 6.62. The van der Waals surface area contributed by atoms with Crippen LogP contribution in [0.5, 0.6) is 0 Å². The first-order valence-corrected chi connectivity index (χ1v) is 9.09. The second-order valence-corrected chi connectivity index (χ2v) is 8.73. The number of nitrogens with zero attached hydrogens (tertiary/aromatic N) is 1. The van der Waals surface area contributed by atoms with Crippen LogP contribution in [0.25, 0.3) is 0 Å². The Kier molecular flexibility index (Phi) is 3.24. The summed E-state index contributed by atoms with van der Waals surface area (Å²) in [5.74, 6) is 2.26. The summed E-state index contributed by atoms with van der Waals surface area (Å²) in [4.78, 5) is 0. The van der Waals surface area contributed by atoms with E-state index < -0.39 is 0 Å². The fraction of sp³-hybridized carbons (Fsp3) is 0.842. The Bertz CT molecular complexity index is 540. The van der Waals surface area contributed by atoms with Crippen LogP contribution in [0, 0.1) is 28.6 Å². The third-order valence-corrected chi connectivity index (χ3v) is 8.06. The van der Waals surface area contributed by atoms with Crippen LogP contribution in [0.2, 0.25) is 0 Å². The van der Waals surface area contributed by atoms with Crippen LogP contribution < -0.4 is 0 Å². The molecule has 2 N–H and O–H groups in total. The monoisotopic (exact) mass is 303 g/mol. The highest BCUT2D eigenvalue weighted by molar-refractivity contribution is 5.96. The average Bonchev–Trinajstić information content (AvgIpc) is 2.82. The molecular formula is C19H29NO2. The summed E-state index contributed by atoms with van der Waals surface area (Å²) in [6, 6.07) is 0. The molecule has 0 heterocycles.